The largest absolute Gasteiger partial charge is 0.452 e. The molecular weight excluding hydrogens is 383 g/mol. The quantitative estimate of drug-likeness (QED) is 0.535. The Morgan fingerprint density at radius 3 is 2.48 bits per heavy atom. The lowest BCUT2D eigenvalue weighted by Crippen LogP contribution is -2.30. The van der Waals surface area contributed by atoms with E-state index >= 15 is 0 Å². The number of nitrogens with one attached hydrogen (secondary N) is 1. The Morgan fingerprint density at radius 1 is 1.11 bits per heavy atom. The number of rotatable bonds is 8. The van der Waals surface area contributed by atoms with Gasteiger partial charge >= 0.3 is 12.6 Å². The molecule has 0 spiro atoms. The van der Waals surface area contributed by atoms with Gasteiger partial charge in [0.1, 0.15) is 11.6 Å². The molecule has 0 radical (unpaired) electrons. The van der Waals surface area contributed by atoms with Gasteiger partial charge < -0.3 is 14.8 Å². The molecule has 5 nitrogen and oxygen atoms in total. The Labute approximate surface area is 157 Å². The number of hydrogen-bond donors (Lipinski definition) is 1. The summed E-state index contributed by atoms with van der Waals surface area (Å²) in [6, 6.07) is 11.6. The van der Waals surface area contributed by atoms with Crippen LogP contribution in [0.4, 0.5) is 18.9 Å². The molecule has 0 unspecified atom stereocenters. The summed E-state index contributed by atoms with van der Waals surface area (Å²) in [5.74, 6) is -2.30. The average molecular weight is 399 g/mol. The zero-order valence-corrected chi connectivity index (χ0v) is 15.0. The molecule has 9 heteroatoms. The topological polar surface area (TPSA) is 64.6 Å². The summed E-state index contributed by atoms with van der Waals surface area (Å²) in [6.45, 7) is -1.72. The molecule has 0 aliphatic heterocycles. The number of ether oxygens (including phenoxy) is 2. The van der Waals surface area contributed by atoms with Crippen molar-refractivity contribution in [3.05, 3.63) is 54.3 Å². The fraction of sp³-hybridized carbons (Fsp3) is 0.222. The monoisotopic (exact) mass is 399 g/mol. The van der Waals surface area contributed by atoms with Crippen molar-refractivity contribution in [3.8, 4) is 5.75 Å². The summed E-state index contributed by atoms with van der Waals surface area (Å²) in [6.07, 6.45) is -1.18. The van der Waals surface area contributed by atoms with Crippen molar-refractivity contribution in [1.29, 1.82) is 0 Å². The first-order valence-electron chi connectivity index (χ1n) is 7.78. The van der Waals surface area contributed by atoms with E-state index in [0.717, 1.165) is 11.8 Å². The summed E-state index contributed by atoms with van der Waals surface area (Å²) >= 11 is 0.938. The van der Waals surface area contributed by atoms with Gasteiger partial charge in [-0.2, -0.15) is 8.78 Å². The van der Waals surface area contributed by atoms with Crippen LogP contribution in [0, 0.1) is 5.82 Å². The number of alkyl halides is 2. The minimum atomic E-state index is -3.05. The number of para-hydroxylation sites is 2. The van der Waals surface area contributed by atoms with Crippen LogP contribution >= 0.6 is 11.8 Å². The number of hydrogen-bond acceptors (Lipinski definition) is 5. The van der Waals surface area contributed by atoms with Crippen LogP contribution in [0.5, 0.6) is 5.75 Å². The summed E-state index contributed by atoms with van der Waals surface area (Å²) in [7, 11) is 0. The van der Waals surface area contributed by atoms with Gasteiger partial charge in [0.2, 0.25) is 0 Å². The second-order valence-electron chi connectivity index (χ2n) is 5.22. The van der Waals surface area contributed by atoms with Crippen molar-refractivity contribution in [2.75, 3.05) is 11.1 Å². The van der Waals surface area contributed by atoms with Crippen LogP contribution in [0.2, 0.25) is 0 Å². The molecule has 144 valence electrons. The Kier molecular flexibility index (Phi) is 7.54. The lowest BCUT2D eigenvalue weighted by atomic mass is 10.2. The molecule has 2 rings (SSSR count). The molecule has 0 saturated heterocycles. The van der Waals surface area contributed by atoms with Gasteiger partial charge in [-0.05, 0) is 31.2 Å². The molecule has 0 saturated carbocycles. The highest BCUT2D eigenvalue weighted by molar-refractivity contribution is 8.00. The maximum absolute atomic E-state index is 13.5. The maximum Gasteiger partial charge on any atom is 0.387 e. The van der Waals surface area contributed by atoms with E-state index in [1.165, 1.54) is 49.4 Å². The zero-order valence-electron chi connectivity index (χ0n) is 14.2. The third-order valence-corrected chi connectivity index (χ3v) is 4.24. The van der Waals surface area contributed by atoms with Crippen molar-refractivity contribution in [3.63, 3.8) is 0 Å². The number of benzene rings is 2. The molecule has 1 atom stereocenters. The van der Waals surface area contributed by atoms with E-state index in [4.69, 9.17) is 4.74 Å². The normalized spacial score (nSPS) is 11.7. The van der Waals surface area contributed by atoms with Crippen molar-refractivity contribution in [1.82, 2.24) is 0 Å². The number of carbonyl (C=O) groups is 2. The highest BCUT2D eigenvalue weighted by Crippen LogP contribution is 2.26. The lowest BCUT2D eigenvalue weighted by molar-refractivity contribution is -0.150. The molecule has 0 bridgehead atoms. The molecule has 0 heterocycles. The Balaban J connectivity index is 1.88. The van der Waals surface area contributed by atoms with E-state index in [9.17, 15) is 22.8 Å². The number of anilines is 1. The van der Waals surface area contributed by atoms with Crippen molar-refractivity contribution in [2.24, 2.45) is 0 Å². The first-order valence-corrected chi connectivity index (χ1v) is 8.77. The van der Waals surface area contributed by atoms with Gasteiger partial charge in [-0.25, -0.2) is 4.39 Å². The van der Waals surface area contributed by atoms with Crippen LogP contribution < -0.4 is 10.1 Å². The molecule has 0 aromatic heterocycles. The average Bonchev–Trinajstić information content (AvgIpc) is 2.62. The molecule has 2 aromatic rings. The molecule has 0 fully saturated rings. The predicted molar refractivity (Wildman–Crippen MR) is 94.4 cm³/mol. The van der Waals surface area contributed by atoms with Crippen LogP contribution in [-0.2, 0) is 14.3 Å². The fourth-order valence-corrected chi connectivity index (χ4v) is 2.71. The van der Waals surface area contributed by atoms with Gasteiger partial charge in [0.15, 0.2) is 6.10 Å². The van der Waals surface area contributed by atoms with Crippen LogP contribution in [0.15, 0.2) is 53.4 Å². The highest BCUT2D eigenvalue weighted by atomic mass is 32.2. The maximum atomic E-state index is 13.5. The standard InChI is InChI=1S/C18H16F3NO4S/c1-11(25-16(23)10-27-15-9-5-2-6-12(15)19)17(24)22-13-7-3-4-8-14(13)26-18(20)21/h2-9,11,18H,10H2,1H3,(H,22,24)/t11-/m0/s1. The second kappa shape index (κ2) is 9.86. The van der Waals surface area contributed by atoms with E-state index in [2.05, 4.69) is 10.1 Å². The number of amides is 1. The molecule has 2 aromatic carbocycles. The SMILES string of the molecule is C[C@H](OC(=O)CSc1ccccc1F)C(=O)Nc1ccccc1OC(F)F. The van der Waals surface area contributed by atoms with Crippen LogP contribution in [-0.4, -0.2) is 30.3 Å². The van der Waals surface area contributed by atoms with Gasteiger partial charge in [-0.15, -0.1) is 11.8 Å². The minimum Gasteiger partial charge on any atom is -0.452 e. The molecule has 1 amide bonds. The molecule has 0 aliphatic carbocycles. The van der Waals surface area contributed by atoms with E-state index in [1.54, 1.807) is 6.07 Å². The molecular formula is C18H16F3NO4S. The first-order chi connectivity index (χ1) is 12.9. The molecule has 0 aliphatic rings. The zero-order chi connectivity index (χ0) is 19.8. The molecule has 1 N–H and O–H groups in total. The van der Waals surface area contributed by atoms with Gasteiger partial charge in [0.05, 0.1) is 11.4 Å². The smallest absolute Gasteiger partial charge is 0.387 e. The minimum absolute atomic E-state index is 0.0198. The van der Waals surface area contributed by atoms with E-state index in [-0.39, 0.29) is 22.1 Å². The summed E-state index contributed by atoms with van der Waals surface area (Å²) in [5.41, 5.74) is 0.0198. The van der Waals surface area contributed by atoms with Crippen LogP contribution in [0.1, 0.15) is 6.92 Å². The van der Waals surface area contributed by atoms with Crippen molar-refractivity contribution < 1.29 is 32.2 Å². The molecule has 27 heavy (non-hydrogen) atoms. The Morgan fingerprint density at radius 2 is 1.78 bits per heavy atom. The third-order valence-electron chi connectivity index (χ3n) is 3.22. The first kappa shape index (κ1) is 20.6. The Bertz CT molecular complexity index is 804. The van der Waals surface area contributed by atoms with Crippen molar-refractivity contribution >= 4 is 29.3 Å². The summed E-state index contributed by atoms with van der Waals surface area (Å²) in [4.78, 5) is 24.2. The lowest BCUT2D eigenvalue weighted by Gasteiger charge is -2.15. The van der Waals surface area contributed by atoms with E-state index in [0.29, 0.717) is 0 Å². The number of esters is 1. The van der Waals surface area contributed by atoms with Gasteiger partial charge in [0, 0.05) is 4.90 Å². The Hall–Kier alpha value is -2.68. The van der Waals surface area contributed by atoms with Gasteiger partial charge in [-0.3, -0.25) is 9.59 Å². The fourth-order valence-electron chi connectivity index (χ4n) is 1.99. The van der Waals surface area contributed by atoms with Crippen molar-refractivity contribution in [2.45, 2.75) is 24.5 Å². The summed E-state index contributed by atoms with van der Waals surface area (Å²) in [5, 5.41) is 2.36. The summed E-state index contributed by atoms with van der Waals surface area (Å²) < 4.78 is 47.6. The highest BCUT2D eigenvalue weighted by Gasteiger charge is 2.20. The van der Waals surface area contributed by atoms with E-state index in [1.807, 2.05) is 0 Å². The van der Waals surface area contributed by atoms with Crippen LogP contribution in [0.25, 0.3) is 0 Å². The van der Waals surface area contributed by atoms with Crippen LogP contribution in [0.3, 0.4) is 0 Å². The van der Waals surface area contributed by atoms with Gasteiger partial charge in [0.25, 0.3) is 5.91 Å². The predicted octanol–water partition coefficient (Wildman–Crippen LogP) is 4.09. The van der Waals surface area contributed by atoms with Gasteiger partial charge in [-0.1, -0.05) is 24.3 Å². The number of carbonyl (C=O) groups excluding carboxylic acids is 2. The number of halogens is 3. The third kappa shape index (κ3) is 6.52. The second-order valence-corrected chi connectivity index (χ2v) is 6.23. The van der Waals surface area contributed by atoms with E-state index < -0.39 is 30.4 Å². The number of thioether (sulfide) groups is 1.